The summed E-state index contributed by atoms with van der Waals surface area (Å²) in [6.07, 6.45) is -2.85. The highest BCUT2D eigenvalue weighted by Gasteiger charge is 2.34. The van der Waals surface area contributed by atoms with Crippen LogP contribution >= 0.6 is 0 Å². The lowest BCUT2D eigenvalue weighted by Crippen LogP contribution is -2.25. The number of nitrogens with two attached hydrogens (primary N) is 1. The summed E-state index contributed by atoms with van der Waals surface area (Å²) < 4.78 is 38.2. The smallest absolute Gasteiger partial charge is 0.366 e. The maximum atomic E-state index is 12.7. The predicted octanol–water partition coefficient (Wildman–Crippen LogP) is 3.91. The molecule has 138 valence electrons. The monoisotopic (exact) mass is 363 g/mol. The van der Waals surface area contributed by atoms with E-state index < -0.39 is 17.6 Å². The van der Waals surface area contributed by atoms with Crippen molar-refractivity contribution in [1.82, 2.24) is 9.88 Å². The first kappa shape index (κ1) is 18.4. The summed E-state index contributed by atoms with van der Waals surface area (Å²) in [7, 11) is 0. The molecule has 26 heavy (non-hydrogen) atoms. The van der Waals surface area contributed by atoms with Gasteiger partial charge in [-0.25, -0.2) is 0 Å². The molecular formula is C19H20F3N3O. The third kappa shape index (κ3) is 3.58. The van der Waals surface area contributed by atoms with Gasteiger partial charge in [-0.3, -0.25) is 14.7 Å². The molecule has 1 aliphatic rings. The fourth-order valence-electron chi connectivity index (χ4n) is 3.46. The van der Waals surface area contributed by atoms with Gasteiger partial charge in [0.2, 0.25) is 5.91 Å². The molecule has 0 fully saturated rings. The Labute approximate surface area is 149 Å². The van der Waals surface area contributed by atoms with E-state index in [2.05, 4.69) is 23.7 Å². The molecule has 0 bridgehead atoms. The standard InChI is InChI=1S/C19H20F3N3O/c1-11(2)17-16-14(7-13(8-24-16)18(23)26)10-25(17)9-12-3-5-15(6-4-12)19(20,21)22/h3-8,11,17H,9-10H2,1-2H3,(H2,23,26). The van der Waals surface area contributed by atoms with Gasteiger partial charge < -0.3 is 5.73 Å². The zero-order valence-electron chi connectivity index (χ0n) is 14.5. The van der Waals surface area contributed by atoms with Crippen molar-refractivity contribution in [2.75, 3.05) is 0 Å². The van der Waals surface area contributed by atoms with Crippen molar-refractivity contribution < 1.29 is 18.0 Å². The molecular weight excluding hydrogens is 343 g/mol. The van der Waals surface area contributed by atoms with Crippen LogP contribution in [0.2, 0.25) is 0 Å². The molecule has 1 aromatic heterocycles. The Morgan fingerprint density at radius 3 is 2.50 bits per heavy atom. The first-order valence-corrected chi connectivity index (χ1v) is 8.35. The fourth-order valence-corrected chi connectivity index (χ4v) is 3.46. The van der Waals surface area contributed by atoms with E-state index in [0.717, 1.165) is 29.0 Å². The number of nitrogens with zero attached hydrogens (tertiary/aromatic N) is 2. The molecule has 2 heterocycles. The number of hydrogen-bond donors (Lipinski definition) is 1. The Hall–Kier alpha value is -2.41. The highest BCUT2D eigenvalue weighted by Crippen LogP contribution is 2.38. The maximum absolute atomic E-state index is 12.7. The van der Waals surface area contributed by atoms with Gasteiger partial charge in [-0.15, -0.1) is 0 Å². The van der Waals surface area contributed by atoms with E-state index in [4.69, 9.17) is 5.73 Å². The van der Waals surface area contributed by atoms with E-state index >= 15 is 0 Å². The van der Waals surface area contributed by atoms with Crippen LogP contribution in [-0.4, -0.2) is 15.8 Å². The van der Waals surface area contributed by atoms with Crippen molar-refractivity contribution in [3.63, 3.8) is 0 Å². The average molecular weight is 363 g/mol. The second-order valence-electron chi connectivity index (χ2n) is 6.92. The van der Waals surface area contributed by atoms with Crippen molar-refractivity contribution >= 4 is 5.91 Å². The Morgan fingerprint density at radius 2 is 1.96 bits per heavy atom. The molecule has 7 heteroatoms. The lowest BCUT2D eigenvalue weighted by molar-refractivity contribution is -0.137. The van der Waals surface area contributed by atoms with Gasteiger partial charge in [0.1, 0.15) is 0 Å². The van der Waals surface area contributed by atoms with Crippen molar-refractivity contribution in [2.24, 2.45) is 11.7 Å². The number of halogens is 3. The highest BCUT2D eigenvalue weighted by atomic mass is 19.4. The third-order valence-corrected chi connectivity index (χ3v) is 4.63. The normalized spacial score (nSPS) is 17.5. The summed E-state index contributed by atoms with van der Waals surface area (Å²) >= 11 is 0. The van der Waals surface area contributed by atoms with Gasteiger partial charge in [-0.2, -0.15) is 13.2 Å². The van der Waals surface area contributed by atoms with E-state index in [1.54, 1.807) is 6.07 Å². The number of carbonyl (C=O) groups excluding carboxylic acids is 1. The molecule has 0 saturated carbocycles. The molecule has 0 saturated heterocycles. The van der Waals surface area contributed by atoms with Crippen molar-refractivity contribution in [3.05, 3.63) is 64.5 Å². The van der Waals surface area contributed by atoms with E-state index in [0.29, 0.717) is 18.7 Å². The van der Waals surface area contributed by atoms with Gasteiger partial charge in [-0.1, -0.05) is 26.0 Å². The van der Waals surface area contributed by atoms with Crippen molar-refractivity contribution in [3.8, 4) is 0 Å². The minimum Gasteiger partial charge on any atom is -0.366 e. The van der Waals surface area contributed by atoms with E-state index in [1.807, 2.05) is 0 Å². The van der Waals surface area contributed by atoms with Crippen LogP contribution in [0.1, 0.15) is 52.6 Å². The predicted molar refractivity (Wildman–Crippen MR) is 91.0 cm³/mol. The SMILES string of the molecule is CC(C)C1c2ncc(C(N)=O)cc2CN1Cc1ccc(C(F)(F)F)cc1. The summed E-state index contributed by atoms with van der Waals surface area (Å²) in [6.45, 7) is 5.23. The van der Waals surface area contributed by atoms with Crippen LogP contribution in [0.15, 0.2) is 36.5 Å². The maximum Gasteiger partial charge on any atom is 0.416 e. The largest absolute Gasteiger partial charge is 0.416 e. The van der Waals surface area contributed by atoms with Gasteiger partial charge in [-0.05, 0) is 35.2 Å². The van der Waals surface area contributed by atoms with Crippen LogP contribution in [0, 0.1) is 5.92 Å². The number of primary amides is 1. The van der Waals surface area contributed by atoms with Crippen LogP contribution < -0.4 is 5.73 Å². The molecule has 0 radical (unpaired) electrons. The summed E-state index contributed by atoms with van der Waals surface area (Å²) in [4.78, 5) is 18.0. The molecule has 1 atom stereocenters. The lowest BCUT2D eigenvalue weighted by atomic mass is 9.99. The van der Waals surface area contributed by atoms with Gasteiger partial charge in [0.15, 0.2) is 0 Å². The first-order valence-electron chi connectivity index (χ1n) is 8.35. The number of aromatic nitrogens is 1. The van der Waals surface area contributed by atoms with Crippen LogP contribution in [0.3, 0.4) is 0 Å². The number of alkyl halides is 3. The number of pyridine rings is 1. The van der Waals surface area contributed by atoms with Gasteiger partial charge in [0.25, 0.3) is 0 Å². The lowest BCUT2D eigenvalue weighted by Gasteiger charge is -2.27. The molecule has 0 aliphatic carbocycles. The number of hydrogen-bond acceptors (Lipinski definition) is 3. The Kier molecular flexibility index (Phi) is 4.75. The molecule has 2 aromatic rings. The molecule has 1 aliphatic heterocycles. The van der Waals surface area contributed by atoms with E-state index in [9.17, 15) is 18.0 Å². The Balaban J connectivity index is 1.84. The van der Waals surface area contributed by atoms with Crippen LogP contribution in [0.25, 0.3) is 0 Å². The zero-order valence-corrected chi connectivity index (χ0v) is 14.5. The van der Waals surface area contributed by atoms with Crippen LogP contribution in [0.4, 0.5) is 13.2 Å². The summed E-state index contributed by atoms with van der Waals surface area (Å²) in [6, 6.07) is 7.01. The number of fused-ring (bicyclic) bond motifs is 1. The Bertz CT molecular complexity index is 816. The molecule has 1 aromatic carbocycles. The minimum absolute atomic E-state index is 0.0363. The van der Waals surface area contributed by atoms with Gasteiger partial charge in [0.05, 0.1) is 22.9 Å². The summed E-state index contributed by atoms with van der Waals surface area (Å²) in [5.74, 6) is -0.264. The number of carbonyl (C=O) groups is 1. The molecule has 3 rings (SSSR count). The van der Waals surface area contributed by atoms with Crippen LogP contribution in [0.5, 0.6) is 0 Å². The molecule has 0 spiro atoms. The van der Waals surface area contributed by atoms with Crippen LogP contribution in [-0.2, 0) is 19.3 Å². The highest BCUT2D eigenvalue weighted by molar-refractivity contribution is 5.92. The number of amides is 1. The topological polar surface area (TPSA) is 59.2 Å². The van der Waals surface area contributed by atoms with Gasteiger partial charge >= 0.3 is 6.18 Å². The number of rotatable bonds is 4. The fraction of sp³-hybridized carbons (Fsp3) is 0.368. The second kappa shape index (κ2) is 6.72. The first-order chi connectivity index (χ1) is 12.2. The van der Waals surface area contributed by atoms with E-state index in [1.165, 1.54) is 18.3 Å². The second-order valence-corrected chi connectivity index (χ2v) is 6.92. The molecule has 1 amide bonds. The molecule has 1 unspecified atom stereocenters. The van der Waals surface area contributed by atoms with Crippen molar-refractivity contribution in [2.45, 2.75) is 39.2 Å². The molecule has 4 nitrogen and oxygen atoms in total. The number of benzene rings is 1. The Morgan fingerprint density at radius 1 is 1.31 bits per heavy atom. The zero-order chi connectivity index (χ0) is 19.1. The third-order valence-electron chi connectivity index (χ3n) is 4.63. The quantitative estimate of drug-likeness (QED) is 0.896. The summed E-state index contributed by atoms with van der Waals surface area (Å²) in [5.41, 5.74) is 7.67. The van der Waals surface area contributed by atoms with E-state index in [-0.39, 0.29) is 12.0 Å². The average Bonchev–Trinajstić information content (AvgIpc) is 2.91. The van der Waals surface area contributed by atoms with Crippen molar-refractivity contribution in [1.29, 1.82) is 0 Å². The van der Waals surface area contributed by atoms with Gasteiger partial charge in [0, 0.05) is 19.3 Å². The summed E-state index contributed by atoms with van der Waals surface area (Å²) in [5, 5.41) is 0. The molecule has 2 N–H and O–H groups in total. The minimum atomic E-state index is -4.34.